The minimum atomic E-state index is -4.05. The number of hydrogen-bond donors (Lipinski definition) is 0. The molecule has 0 aromatic heterocycles. The van der Waals surface area contributed by atoms with Crippen LogP contribution in [0.1, 0.15) is 19.3 Å². The van der Waals surface area contributed by atoms with E-state index in [4.69, 9.17) is 0 Å². The minimum Gasteiger partial charge on any atom is -0.229 e. The van der Waals surface area contributed by atoms with E-state index >= 15 is 0 Å². The van der Waals surface area contributed by atoms with Crippen molar-refractivity contribution in [3.05, 3.63) is 29.8 Å². The zero-order valence-electron chi connectivity index (χ0n) is 11.6. The van der Waals surface area contributed by atoms with Crippen molar-refractivity contribution in [2.24, 2.45) is 0 Å². The van der Waals surface area contributed by atoms with Crippen molar-refractivity contribution in [3.8, 4) is 0 Å². The van der Waals surface area contributed by atoms with Gasteiger partial charge in [0.05, 0.1) is 16.4 Å². The monoisotopic (exact) mass is 351 g/mol. The van der Waals surface area contributed by atoms with Gasteiger partial charge in [-0.3, -0.25) is 0 Å². The van der Waals surface area contributed by atoms with Gasteiger partial charge in [0.15, 0.2) is 21.5 Å². The van der Waals surface area contributed by atoms with Crippen LogP contribution in [0.5, 0.6) is 0 Å². The van der Waals surface area contributed by atoms with Crippen molar-refractivity contribution in [2.75, 3.05) is 11.5 Å². The lowest BCUT2D eigenvalue weighted by Crippen LogP contribution is -2.42. The molecule has 2 fully saturated rings. The number of sulfonamides is 1. The van der Waals surface area contributed by atoms with E-state index < -0.39 is 37.5 Å². The van der Waals surface area contributed by atoms with Crippen LogP contribution in [0.2, 0.25) is 0 Å². The van der Waals surface area contributed by atoms with E-state index in [0.717, 1.165) is 12.1 Å². The van der Waals surface area contributed by atoms with Crippen molar-refractivity contribution in [2.45, 2.75) is 36.2 Å². The standard InChI is InChI=1S/C13H15F2NO4S2/c14-12-4-3-11(7-13(12)15)22(19,20)16(9-1-2-9)10-5-6-21(17,18)8-10/h3-4,7,9-10H,1-2,5-6,8H2. The number of halogens is 2. The molecule has 5 nitrogen and oxygen atoms in total. The second kappa shape index (κ2) is 5.24. The smallest absolute Gasteiger partial charge is 0.229 e. The Balaban J connectivity index is 1.98. The maximum atomic E-state index is 13.3. The Labute approximate surface area is 127 Å². The highest BCUT2D eigenvalue weighted by molar-refractivity contribution is 7.92. The normalized spacial score (nSPS) is 24.8. The van der Waals surface area contributed by atoms with E-state index in [2.05, 4.69) is 0 Å². The summed E-state index contributed by atoms with van der Waals surface area (Å²) in [5, 5.41) is 0. The largest absolute Gasteiger partial charge is 0.243 e. The third-order valence-corrected chi connectivity index (χ3v) is 7.69. The van der Waals surface area contributed by atoms with Crippen LogP contribution < -0.4 is 0 Å². The molecule has 1 saturated carbocycles. The van der Waals surface area contributed by atoms with Crippen LogP contribution in [0, 0.1) is 11.6 Å². The number of nitrogens with zero attached hydrogens (tertiary/aromatic N) is 1. The number of benzene rings is 1. The highest BCUT2D eigenvalue weighted by atomic mass is 32.2. The van der Waals surface area contributed by atoms with E-state index in [0.29, 0.717) is 18.9 Å². The summed E-state index contributed by atoms with van der Waals surface area (Å²) in [4.78, 5) is -0.345. The molecular weight excluding hydrogens is 336 g/mol. The minimum absolute atomic E-state index is 0.0474. The molecule has 1 atom stereocenters. The highest BCUT2D eigenvalue weighted by Gasteiger charge is 2.46. The van der Waals surface area contributed by atoms with Crippen molar-refractivity contribution >= 4 is 19.9 Å². The van der Waals surface area contributed by atoms with Gasteiger partial charge in [0, 0.05) is 12.1 Å². The van der Waals surface area contributed by atoms with Gasteiger partial charge < -0.3 is 0 Å². The first-order valence-electron chi connectivity index (χ1n) is 6.90. The first kappa shape index (κ1) is 15.8. The van der Waals surface area contributed by atoms with Crippen LogP contribution in [0.3, 0.4) is 0 Å². The van der Waals surface area contributed by atoms with Gasteiger partial charge in [-0.15, -0.1) is 0 Å². The van der Waals surface area contributed by atoms with Crippen molar-refractivity contribution in [1.82, 2.24) is 4.31 Å². The summed E-state index contributed by atoms with van der Waals surface area (Å²) in [6, 6.07) is 1.53. The second-order valence-corrected chi connectivity index (χ2v) is 9.77. The number of sulfone groups is 1. The number of hydrogen-bond acceptors (Lipinski definition) is 4. The van der Waals surface area contributed by atoms with Gasteiger partial charge in [-0.05, 0) is 37.5 Å². The molecule has 2 aliphatic rings. The van der Waals surface area contributed by atoms with Crippen molar-refractivity contribution in [1.29, 1.82) is 0 Å². The van der Waals surface area contributed by atoms with E-state index in [-0.39, 0.29) is 28.9 Å². The third kappa shape index (κ3) is 2.89. The summed E-state index contributed by atoms with van der Waals surface area (Å²) in [5.41, 5.74) is 0. The fraction of sp³-hybridized carbons (Fsp3) is 0.538. The molecule has 1 aromatic carbocycles. The topological polar surface area (TPSA) is 71.5 Å². The van der Waals surface area contributed by atoms with Crippen LogP contribution >= 0.6 is 0 Å². The quantitative estimate of drug-likeness (QED) is 0.820. The Morgan fingerprint density at radius 2 is 1.73 bits per heavy atom. The molecule has 0 radical (unpaired) electrons. The summed E-state index contributed by atoms with van der Waals surface area (Å²) in [5.74, 6) is -2.63. The molecule has 1 unspecified atom stereocenters. The predicted molar refractivity (Wildman–Crippen MR) is 75.5 cm³/mol. The molecule has 0 N–H and O–H groups in total. The van der Waals surface area contributed by atoms with Crippen LogP contribution in [-0.2, 0) is 19.9 Å². The van der Waals surface area contributed by atoms with Gasteiger partial charge in [0.25, 0.3) is 0 Å². The molecule has 0 bridgehead atoms. The zero-order chi connectivity index (χ0) is 16.1. The third-order valence-electron chi connectivity index (χ3n) is 3.94. The molecule has 0 amide bonds. The SMILES string of the molecule is O=S1(=O)CCC(N(C2CC2)S(=O)(=O)c2ccc(F)c(F)c2)C1. The highest BCUT2D eigenvalue weighted by Crippen LogP contribution is 2.37. The molecule has 1 heterocycles. The maximum absolute atomic E-state index is 13.3. The van der Waals surface area contributed by atoms with Crippen molar-refractivity contribution < 1.29 is 25.6 Å². The Morgan fingerprint density at radius 1 is 1.05 bits per heavy atom. The average molecular weight is 351 g/mol. The van der Waals surface area contributed by atoms with Gasteiger partial charge >= 0.3 is 0 Å². The lowest BCUT2D eigenvalue weighted by molar-refractivity contribution is 0.332. The molecule has 0 spiro atoms. The van der Waals surface area contributed by atoms with Crippen LogP contribution in [0.25, 0.3) is 0 Å². The van der Waals surface area contributed by atoms with E-state index in [9.17, 15) is 25.6 Å². The Bertz CT molecular complexity index is 803. The Morgan fingerprint density at radius 3 is 2.23 bits per heavy atom. The van der Waals surface area contributed by atoms with E-state index in [1.54, 1.807) is 0 Å². The Hall–Kier alpha value is -1.06. The molecule has 3 rings (SSSR count). The molecular formula is C13H15F2NO4S2. The first-order chi connectivity index (χ1) is 10.2. The lowest BCUT2D eigenvalue weighted by Gasteiger charge is -2.27. The summed E-state index contributed by atoms with van der Waals surface area (Å²) in [6.07, 6.45) is 1.54. The Kier molecular flexibility index (Phi) is 3.77. The molecule has 1 aliphatic carbocycles. The average Bonchev–Trinajstić information content (AvgIpc) is 3.17. The van der Waals surface area contributed by atoms with Crippen LogP contribution in [-0.4, -0.2) is 44.7 Å². The van der Waals surface area contributed by atoms with E-state index in [1.165, 1.54) is 4.31 Å². The van der Waals surface area contributed by atoms with Gasteiger partial charge in [0.1, 0.15) is 0 Å². The summed E-state index contributed by atoms with van der Waals surface area (Å²) in [6.45, 7) is 0. The molecule has 1 saturated heterocycles. The van der Waals surface area contributed by atoms with Crippen LogP contribution in [0.4, 0.5) is 8.78 Å². The molecule has 22 heavy (non-hydrogen) atoms. The summed E-state index contributed by atoms with van der Waals surface area (Å²) >= 11 is 0. The summed E-state index contributed by atoms with van der Waals surface area (Å²) in [7, 11) is -7.29. The first-order valence-corrected chi connectivity index (χ1v) is 10.2. The zero-order valence-corrected chi connectivity index (χ0v) is 13.2. The fourth-order valence-electron chi connectivity index (χ4n) is 2.75. The second-order valence-electron chi connectivity index (χ2n) is 5.70. The lowest BCUT2D eigenvalue weighted by atomic mass is 10.2. The van der Waals surface area contributed by atoms with Gasteiger partial charge in [0.2, 0.25) is 10.0 Å². The predicted octanol–water partition coefficient (Wildman–Crippen LogP) is 1.30. The van der Waals surface area contributed by atoms with Gasteiger partial charge in [-0.25, -0.2) is 25.6 Å². The summed E-state index contributed by atoms with van der Waals surface area (Å²) < 4.78 is 76.2. The number of rotatable bonds is 4. The maximum Gasteiger partial charge on any atom is 0.243 e. The fourth-order valence-corrected chi connectivity index (χ4v) is 6.47. The molecule has 1 aliphatic heterocycles. The molecule has 1 aromatic rings. The van der Waals surface area contributed by atoms with Gasteiger partial charge in [-0.1, -0.05) is 0 Å². The molecule has 9 heteroatoms. The molecule has 122 valence electrons. The van der Waals surface area contributed by atoms with Crippen molar-refractivity contribution in [3.63, 3.8) is 0 Å². The van der Waals surface area contributed by atoms with Gasteiger partial charge in [-0.2, -0.15) is 4.31 Å². The van der Waals surface area contributed by atoms with E-state index in [1.807, 2.05) is 0 Å². The van der Waals surface area contributed by atoms with Crippen LogP contribution in [0.15, 0.2) is 23.1 Å².